The van der Waals surface area contributed by atoms with Crippen LogP contribution in [0.4, 0.5) is 8.78 Å². The molecule has 1 aromatic rings. The van der Waals surface area contributed by atoms with Gasteiger partial charge < -0.3 is 0 Å². The maximum absolute atomic E-state index is 12.6. The fourth-order valence-corrected chi connectivity index (χ4v) is 1.21. The molecule has 0 spiro atoms. The molecule has 0 aliphatic heterocycles. The van der Waals surface area contributed by atoms with Crippen LogP contribution in [-0.2, 0) is 10.0 Å². The van der Waals surface area contributed by atoms with Crippen molar-refractivity contribution >= 4 is 10.0 Å². The Hall–Kier alpha value is -1.08. The normalized spacial score (nSPS) is 11.6. The maximum Gasteiger partial charge on any atom is 0.250 e. The molecular formula is C5H4F2N2O2S. The molecule has 1 aromatic heterocycles. The number of hydrogen-bond acceptors (Lipinski definition) is 3. The molecule has 0 saturated heterocycles. The highest BCUT2D eigenvalue weighted by Gasteiger charge is 2.17. The van der Waals surface area contributed by atoms with E-state index >= 15 is 0 Å². The van der Waals surface area contributed by atoms with Crippen molar-refractivity contribution < 1.29 is 17.2 Å². The van der Waals surface area contributed by atoms with Crippen LogP contribution in [0, 0.1) is 11.8 Å². The molecule has 0 fully saturated rings. The van der Waals surface area contributed by atoms with Gasteiger partial charge in [-0.2, -0.15) is 4.39 Å². The van der Waals surface area contributed by atoms with Crippen LogP contribution in [0.5, 0.6) is 0 Å². The summed E-state index contributed by atoms with van der Waals surface area (Å²) in [4.78, 5) is 2.00. The number of primary sulfonamides is 1. The van der Waals surface area contributed by atoms with Gasteiger partial charge in [0, 0.05) is 6.20 Å². The molecular weight excluding hydrogens is 190 g/mol. The van der Waals surface area contributed by atoms with Crippen LogP contribution < -0.4 is 5.14 Å². The van der Waals surface area contributed by atoms with Crippen LogP contribution in [0.2, 0.25) is 0 Å². The van der Waals surface area contributed by atoms with Crippen molar-refractivity contribution in [3.63, 3.8) is 0 Å². The molecule has 0 atom stereocenters. The van der Waals surface area contributed by atoms with Crippen LogP contribution in [-0.4, -0.2) is 13.4 Å². The van der Waals surface area contributed by atoms with Gasteiger partial charge in [0.05, 0.1) is 0 Å². The predicted molar refractivity (Wildman–Crippen MR) is 35.5 cm³/mol. The van der Waals surface area contributed by atoms with E-state index in [1.54, 1.807) is 0 Å². The van der Waals surface area contributed by atoms with Crippen molar-refractivity contribution in [2.45, 2.75) is 4.90 Å². The van der Waals surface area contributed by atoms with Crippen LogP contribution in [0.3, 0.4) is 0 Å². The Kier molecular flexibility index (Phi) is 2.07. The van der Waals surface area contributed by atoms with Gasteiger partial charge in [-0.1, -0.05) is 0 Å². The lowest BCUT2D eigenvalue weighted by Gasteiger charge is -1.98. The van der Waals surface area contributed by atoms with Gasteiger partial charge in [-0.3, -0.25) is 0 Å². The lowest BCUT2D eigenvalue weighted by Crippen LogP contribution is -2.15. The zero-order chi connectivity index (χ0) is 9.35. The zero-order valence-electron chi connectivity index (χ0n) is 5.66. The minimum Gasteiger partial charge on any atom is -0.226 e. The molecule has 7 heteroatoms. The quantitative estimate of drug-likeness (QED) is 0.640. The summed E-state index contributed by atoms with van der Waals surface area (Å²) >= 11 is 0. The molecule has 0 aliphatic carbocycles. The maximum atomic E-state index is 12.6. The summed E-state index contributed by atoms with van der Waals surface area (Å²) in [6, 6.07) is 0.785. The van der Waals surface area contributed by atoms with Gasteiger partial charge in [0.2, 0.25) is 16.0 Å². The van der Waals surface area contributed by atoms with E-state index in [9.17, 15) is 17.2 Å². The first-order chi connectivity index (χ1) is 5.43. The van der Waals surface area contributed by atoms with E-state index < -0.39 is 26.7 Å². The Morgan fingerprint density at radius 1 is 1.42 bits per heavy atom. The summed E-state index contributed by atoms with van der Waals surface area (Å²) in [6.45, 7) is 0. The molecule has 0 unspecified atom stereocenters. The van der Waals surface area contributed by atoms with Crippen molar-refractivity contribution in [2.24, 2.45) is 5.14 Å². The number of aromatic nitrogens is 1. The van der Waals surface area contributed by atoms with Crippen molar-refractivity contribution in [3.8, 4) is 0 Å². The standard InChI is InChI=1S/C5H4F2N2O2S/c6-4-3(12(8,10)11)1-2-9-5(4)7/h1-2H,(H2,8,10,11). The third kappa shape index (κ3) is 1.56. The van der Waals surface area contributed by atoms with E-state index in [2.05, 4.69) is 10.1 Å². The van der Waals surface area contributed by atoms with Crippen LogP contribution in [0.15, 0.2) is 17.2 Å². The van der Waals surface area contributed by atoms with E-state index in [1.807, 2.05) is 0 Å². The molecule has 0 radical (unpaired) electrons. The van der Waals surface area contributed by atoms with E-state index in [1.165, 1.54) is 0 Å². The zero-order valence-corrected chi connectivity index (χ0v) is 6.48. The number of nitrogens with two attached hydrogens (primary N) is 1. The Balaban J connectivity index is 3.47. The van der Waals surface area contributed by atoms with Gasteiger partial charge in [0.15, 0.2) is 5.82 Å². The average Bonchev–Trinajstić information content (AvgIpc) is 1.92. The summed E-state index contributed by atoms with van der Waals surface area (Å²) in [6.07, 6.45) is 0.818. The second-order valence-electron chi connectivity index (χ2n) is 1.96. The molecule has 12 heavy (non-hydrogen) atoms. The fourth-order valence-electron chi connectivity index (χ4n) is 0.622. The van der Waals surface area contributed by atoms with Crippen LogP contribution in [0.1, 0.15) is 0 Å². The fraction of sp³-hybridized carbons (Fsp3) is 0. The predicted octanol–water partition coefficient (Wildman–Crippen LogP) is 0.00720. The van der Waals surface area contributed by atoms with Gasteiger partial charge in [0.25, 0.3) is 0 Å². The highest BCUT2D eigenvalue weighted by atomic mass is 32.2. The minimum absolute atomic E-state index is 0.785. The molecule has 0 aliphatic rings. The number of sulfonamides is 1. The first kappa shape index (κ1) is 9.01. The van der Waals surface area contributed by atoms with Gasteiger partial charge in [0.1, 0.15) is 4.90 Å². The second-order valence-corrected chi connectivity index (χ2v) is 3.49. The Labute approximate surface area is 67.1 Å². The molecule has 2 N–H and O–H groups in total. The summed E-state index contributed by atoms with van der Waals surface area (Å²) < 4.78 is 46.0. The van der Waals surface area contributed by atoms with Crippen molar-refractivity contribution in [2.75, 3.05) is 0 Å². The lowest BCUT2D eigenvalue weighted by atomic mass is 10.5. The third-order valence-corrected chi connectivity index (χ3v) is 2.05. The number of pyridine rings is 1. The van der Waals surface area contributed by atoms with Gasteiger partial charge >= 0.3 is 0 Å². The van der Waals surface area contributed by atoms with Crippen LogP contribution in [0.25, 0.3) is 0 Å². The lowest BCUT2D eigenvalue weighted by molar-refractivity contribution is 0.458. The number of halogens is 2. The van der Waals surface area contributed by atoms with E-state index in [0.717, 1.165) is 12.3 Å². The number of nitrogens with zero attached hydrogens (tertiary/aromatic N) is 1. The Morgan fingerprint density at radius 2 is 2.00 bits per heavy atom. The first-order valence-corrected chi connectivity index (χ1v) is 4.30. The summed E-state index contributed by atoms with van der Waals surface area (Å²) in [7, 11) is -4.21. The molecule has 66 valence electrons. The van der Waals surface area contributed by atoms with Crippen LogP contribution >= 0.6 is 0 Å². The summed E-state index contributed by atoms with van der Waals surface area (Å²) in [5.41, 5.74) is 0. The monoisotopic (exact) mass is 194 g/mol. The summed E-state index contributed by atoms with van der Waals surface area (Å²) in [5.74, 6) is -3.04. The van der Waals surface area contributed by atoms with Crippen molar-refractivity contribution in [3.05, 3.63) is 24.0 Å². The SMILES string of the molecule is NS(=O)(=O)c1ccnc(F)c1F. The minimum atomic E-state index is -4.21. The molecule has 0 amide bonds. The van der Waals surface area contributed by atoms with Crippen molar-refractivity contribution in [1.29, 1.82) is 0 Å². The van der Waals surface area contributed by atoms with Gasteiger partial charge in [-0.15, -0.1) is 0 Å². The van der Waals surface area contributed by atoms with Crippen molar-refractivity contribution in [1.82, 2.24) is 4.98 Å². The topological polar surface area (TPSA) is 73.1 Å². The third-order valence-electron chi connectivity index (χ3n) is 1.12. The van der Waals surface area contributed by atoms with Gasteiger partial charge in [-0.05, 0) is 6.07 Å². The molecule has 4 nitrogen and oxygen atoms in total. The first-order valence-electron chi connectivity index (χ1n) is 2.75. The Bertz CT molecular complexity index is 404. The smallest absolute Gasteiger partial charge is 0.226 e. The molecule has 0 aromatic carbocycles. The largest absolute Gasteiger partial charge is 0.250 e. The highest BCUT2D eigenvalue weighted by molar-refractivity contribution is 7.89. The Morgan fingerprint density at radius 3 is 2.42 bits per heavy atom. The second kappa shape index (κ2) is 2.76. The molecule has 0 saturated carbocycles. The molecule has 1 rings (SSSR count). The average molecular weight is 194 g/mol. The molecule has 0 bridgehead atoms. The summed E-state index contributed by atoms with van der Waals surface area (Å²) in [5, 5.41) is 4.56. The van der Waals surface area contributed by atoms with E-state index in [4.69, 9.17) is 0 Å². The van der Waals surface area contributed by atoms with Gasteiger partial charge in [-0.25, -0.2) is 22.9 Å². The number of rotatable bonds is 1. The molecule has 1 heterocycles. The number of hydrogen-bond donors (Lipinski definition) is 1. The highest BCUT2D eigenvalue weighted by Crippen LogP contribution is 2.12. The van der Waals surface area contributed by atoms with E-state index in [0.29, 0.717) is 0 Å². The van der Waals surface area contributed by atoms with E-state index in [-0.39, 0.29) is 0 Å².